The first-order chi connectivity index (χ1) is 34.3. The number of carbonyl (C=O) groups is 4. The molecule has 10 nitrogen and oxygen atoms in total. The van der Waals surface area contributed by atoms with Crippen molar-refractivity contribution in [2.75, 3.05) is 34.5 Å². The molecular weight excluding hydrogens is 873 g/mol. The fourth-order valence-electron chi connectivity index (χ4n) is 9.26. The number of hydrogen-bond donors (Lipinski definition) is 4. The lowest BCUT2D eigenvalue weighted by Crippen LogP contribution is -2.53. The summed E-state index contributed by atoms with van der Waals surface area (Å²) in [5, 5.41) is 12.1. The van der Waals surface area contributed by atoms with Crippen LogP contribution in [0.15, 0.2) is 158 Å². The van der Waals surface area contributed by atoms with Crippen molar-refractivity contribution >= 4 is 46.4 Å². The summed E-state index contributed by atoms with van der Waals surface area (Å²) in [6, 6.07) is 47.7. The summed E-state index contributed by atoms with van der Waals surface area (Å²) in [5.41, 5.74) is 4.99. The molecule has 0 unspecified atom stereocenters. The SMILES string of the molecule is CCCCCCCCOc1ccc(C2C(C(=O)Nc3ccc(C(=O)Nc4ccccc4)cc3)C(c3ccc(OCCCCCCCC)cc3)C2C(=O)Nc2ccc(C(=O)Nc3ccccc3)cc2)cc1. The van der Waals surface area contributed by atoms with E-state index in [2.05, 4.69) is 35.1 Å². The second-order valence-corrected chi connectivity index (χ2v) is 18.2. The summed E-state index contributed by atoms with van der Waals surface area (Å²) in [5.74, 6) is -1.92. The summed E-state index contributed by atoms with van der Waals surface area (Å²) in [6.07, 6.45) is 14.0. The maximum absolute atomic E-state index is 14.8. The van der Waals surface area contributed by atoms with Crippen molar-refractivity contribution in [3.63, 3.8) is 0 Å². The lowest BCUT2D eigenvalue weighted by atomic mass is 9.52. The summed E-state index contributed by atoms with van der Waals surface area (Å²) < 4.78 is 12.3. The third kappa shape index (κ3) is 14.4. The van der Waals surface area contributed by atoms with E-state index in [1.54, 1.807) is 48.5 Å². The molecule has 0 radical (unpaired) electrons. The van der Waals surface area contributed by atoms with Gasteiger partial charge < -0.3 is 30.7 Å². The molecule has 364 valence electrons. The molecule has 6 aromatic carbocycles. The van der Waals surface area contributed by atoms with E-state index >= 15 is 0 Å². The van der Waals surface area contributed by atoms with E-state index in [1.807, 2.05) is 109 Å². The third-order valence-corrected chi connectivity index (χ3v) is 13.1. The lowest BCUT2D eigenvalue weighted by Gasteiger charge is -2.50. The molecule has 7 rings (SSSR count). The Bertz CT molecular complexity index is 2360. The van der Waals surface area contributed by atoms with Gasteiger partial charge in [0, 0.05) is 45.7 Å². The lowest BCUT2D eigenvalue weighted by molar-refractivity contribution is -0.134. The Balaban J connectivity index is 1.14. The molecule has 0 atom stereocenters. The van der Waals surface area contributed by atoms with Gasteiger partial charge in [-0.15, -0.1) is 0 Å². The van der Waals surface area contributed by atoms with E-state index in [1.165, 1.54) is 51.4 Å². The Morgan fingerprint density at radius 2 is 0.700 bits per heavy atom. The highest BCUT2D eigenvalue weighted by molar-refractivity contribution is 6.06. The molecule has 1 fully saturated rings. The quantitative estimate of drug-likeness (QED) is 0.0400. The molecule has 4 amide bonds. The Morgan fingerprint density at radius 1 is 0.371 bits per heavy atom. The highest BCUT2D eigenvalue weighted by Crippen LogP contribution is 2.58. The van der Waals surface area contributed by atoms with E-state index in [-0.39, 0.29) is 23.6 Å². The predicted molar refractivity (Wildman–Crippen MR) is 282 cm³/mol. The van der Waals surface area contributed by atoms with Crippen LogP contribution in [-0.2, 0) is 9.59 Å². The smallest absolute Gasteiger partial charge is 0.255 e. The van der Waals surface area contributed by atoms with Gasteiger partial charge in [-0.25, -0.2) is 0 Å². The maximum atomic E-state index is 14.8. The molecule has 0 bridgehead atoms. The van der Waals surface area contributed by atoms with Crippen LogP contribution in [0.25, 0.3) is 0 Å². The number of hydrogen-bond acceptors (Lipinski definition) is 6. The summed E-state index contributed by atoms with van der Waals surface area (Å²) >= 11 is 0. The van der Waals surface area contributed by atoms with Crippen LogP contribution in [0.2, 0.25) is 0 Å². The van der Waals surface area contributed by atoms with Gasteiger partial charge >= 0.3 is 0 Å². The van der Waals surface area contributed by atoms with Gasteiger partial charge in [0.2, 0.25) is 11.8 Å². The minimum absolute atomic E-state index is 0.249. The van der Waals surface area contributed by atoms with Crippen LogP contribution in [0.4, 0.5) is 22.7 Å². The minimum Gasteiger partial charge on any atom is -0.494 e. The van der Waals surface area contributed by atoms with Crippen molar-refractivity contribution in [3.05, 3.63) is 180 Å². The van der Waals surface area contributed by atoms with E-state index in [9.17, 15) is 19.2 Å². The maximum Gasteiger partial charge on any atom is 0.255 e. The Labute approximate surface area is 414 Å². The molecule has 1 aliphatic rings. The predicted octanol–water partition coefficient (Wildman–Crippen LogP) is 14.1. The summed E-state index contributed by atoms with van der Waals surface area (Å²) in [4.78, 5) is 55.8. The van der Waals surface area contributed by atoms with Gasteiger partial charge in [0.25, 0.3) is 11.8 Å². The summed E-state index contributed by atoms with van der Waals surface area (Å²) in [6.45, 7) is 5.67. The van der Waals surface area contributed by atoms with Crippen LogP contribution in [0.5, 0.6) is 11.5 Å². The summed E-state index contributed by atoms with van der Waals surface area (Å²) in [7, 11) is 0. The van der Waals surface area contributed by atoms with Gasteiger partial charge in [-0.2, -0.15) is 0 Å². The van der Waals surface area contributed by atoms with Crippen molar-refractivity contribution in [3.8, 4) is 11.5 Å². The van der Waals surface area contributed by atoms with Crippen LogP contribution in [-0.4, -0.2) is 36.8 Å². The van der Waals surface area contributed by atoms with Crippen LogP contribution < -0.4 is 30.7 Å². The van der Waals surface area contributed by atoms with E-state index in [0.717, 1.165) is 48.3 Å². The van der Waals surface area contributed by atoms with Gasteiger partial charge in [-0.1, -0.05) is 139 Å². The van der Waals surface area contributed by atoms with Gasteiger partial charge in [-0.05, 0) is 121 Å². The van der Waals surface area contributed by atoms with E-state index < -0.39 is 23.7 Å². The van der Waals surface area contributed by atoms with Crippen LogP contribution in [0, 0.1) is 11.8 Å². The van der Waals surface area contributed by atoms with Gasteiger partial charge in [0.05, 0.1) is 25.0 Å². The largest absolute Gasteiger partial charge is 0.494 e. The zero-order valence-corrected chi connectivity index (χ0v) is 40.7. The second-order valence-electron chi connectivity index (χ2n) is 18.2. The molecule has 0 heterocycles. The molecule has 1 saturated carbocycles. The Morgan fingerprint density at radius 3 is 1.06 bits per heavy atom. The van der Waals surface area contributed by atoms with Gasteiger partial charge in [0.1, 0.15) is 11.5 Å². The second kappa shape index (κ2) is 26.5. The molecular formula is C60H68N4O6. The first-order valence-corrected chi connectivity index (χ1v) is 25.3. The van der Waals surface area contributed by atoms with Crippen molar-refractivity contribution in [2.24, 2.45) is 11.8 Å². The number of ether oxygens (including phenoxy) is 2. The molecule has 0 saturated heterocycles. The van der Waals surface area contributed by atoms with E-state index in [4.69, 9.17) is 9.47 Å². The number of amides is 4. The molecule has 70 heavy (non-hydrogen) atoms. The number of anilines is 4. The fraction of sp³-hybridized carbons (Fsp3) is 0.333. The first kappa shape index (κ1) is 50.7. The number of nitrogens with one attached hydrogen (secondary N) is 4. The normalized spacial score (nSPS) is 16.0. The third-order valence-electron chi connectivity index (χ3n) is 13.1. The zero-order valence-electron chi connectivity index (χ0n) is 40.7. The average Bonchev–Trinajstić information content (AvgIpc) is 3.37. The molecule has 10 heteroatoms. The average molecular weight is 941 g/mol. The Hall–Kier alpha value is -7.20. The topological polar surface area (TPSA) is 135 Å². The van der Waals surface area contributed by atoms with Gasteiger partial charge in [-0.3, -0.25) is 19.2 Å². The number of rotatable bonds is 26. The van der Waals surface area contributed by atoms with Gasteiger partial charge in [0.15, 0.2) is 0 Å². The van der Waals surface area contributed by atoms with Crippen molar-refractivity contribution in [1.82, 2.24) is 0 Å². The zero-order chi connectivity index (χ0) is 48.9. The highest BCUT2D eigenvalue weighted by Gasteiger charge is 2.58. The molecule has 0 aliphatic heterocycles. The van der Waals surface area contributed by atoms with Crippen LogP contribution in [0.3, 0.4) is 0 Å². The van der Waals surface area contributed by atoms with Crippen molar-refractivity contribution in [1.29, 1.82) is 0 Å². The highest BCUT2D eigenvalue weighted by atomic mass is 16.5. The molecule has 4 N–H and O–H groups in total. The number of para-hydroxylation sites is 2. The molecule has 1 aliphatic carbocycles. The van der Waals surface area contributed by atoms with Crippen LogP contribution in [0.1, 0.15) is 135 Å². The number of unbranched alkanes of at least 4 members (excludes halogenated alkanes) is 10. The number of benzene rings is 6. The van der Waals surface area contributed by atoms with E-state index in [0.29, 0.717) is 47.1 Å². The van der Waals surface area contributed by atoms with Crippen molar-refractivity contribution in [2.45, 2.75) is 103 Å². The fourth-order valence-corrected chi connectivity index (χ4v) is 9.26. The monoisotopic (exact) mass is 941 g/mol. The molecule has 6 aromatic rings. The first-order valence-electron chi connectivity index (χ1n) is 25.3. The standard InChI is InChI=1S/C60H68N4O6/c1-3-5-7-9-11-19-41-69-51-37-29-43(30-38-51)53-55(59(67)63-49-33-25-45(26-34-49)57(65)61-47-21-15-13-16-22-47)54(44-31-39-52(40-32-44)70-42-20-12-10-8-6-4-2)56(53)60(68)64-50-35-27-46(28-36-50)58(66)62-48-23-17-14-18-24-48/h13-18,21-40,53-56H,3-12,19-20,41-42H2,1-2H3,(H,61,65)(H,62,66)(H,63,67)(H,64,68). The van der Waals surface area contributed by atoms with Crippen LogP contribution >= 0.6 is 0 Å². The minimum atomic E-state index is -0.661. The molecule has 0 aromatic heterocycles. The van der Waals surface area contributed by atoms with Crippen molar-refractivity contribution < 1.29 is 28.7 Å². The number of carbonyl (C=O) groups excluding carboxylic acids is 4. The Kier molecular flexibility index (Phi) is 19.2. The molecule has 0 spiro atoms.